The van der Waals surface area contributed by atoms with Crippen molar-refractivity contribution in [3.05, 3.63) is 29.3 Å². The van der Waals surface area contributed by atoms with Crippen molar-refractivity contribution < 1.29 is 9.47 Å². The number of benzene rings is 1. The van der Waals surface area contributed by atoms with Gasteiger partial charge in [-0.25, -0.2) is 0 Å². The number of hydrogen-bond acceptors (Lipinski definition) is 3. The van der Waals surface area contributed by atoms with Crippen LogP contribution >= 0.6 is 0 Å². The predicted octanol–water partition coefficient (Wildman–Crippen LogP) is 2.47. The second kappa shape index (κ2) is 5.73. The van der Waals surface area contributed by atoms with E-state index in [-0.39, 0.29) is 0 Å². The molecule has 0 aliphatic carbocycles. The number of nitrogens with one attached hydrogen (secondary N) is 1. The SMILES string of the molecule is CNCC(C)=Cc1ccc2c(c1)OCCCO2. The van der Waals surface area contributed by atoms with Crippen molar-refractivity contribution in [2.24, 2.45) is 0 Å². The van der Waals surface area contributed by atoms with Crippen LogP contribution in [0.4, 0.5) is 0 Å². The second-order valence-electron chi connectivity index (χ2n) is 4.28. The minimum atomic E-state index is 0.732. The smallest absolute Gasteiger partial charge is 0.161 e. The molecule has 92 valence electrons. The maximum atomic E-state index is 5.66. The summed E-state index contributed by atoms with van der Waals surface area (Å²) < 4.78 is 11.3. The predicted molar refractivity (Wildman–Crippen MR) is 69.6 cm³/mol. The largest absolute Gasteiger partial charge is 0.490 e. The van der Waals surface area contributed by atoms with E-state index in [0.717, 1.165) is 43.2 Å². The number of hydrogen-bond donors (Lipinski definition) is 1. The van der Waals surface area contributed by atoms with Crippen LogP contribution in [0.25, 0.3) is 6.08 Å². The van der Waals surface area contributed by atoms with E-state index in [1.54, 1.807) is 0 Å². The highest BCUT2D eigenvalue weighted by Crippen LogP contribution is 2.30. The van der Waals surface area contributed by atoms with E-state index in [2.05, 4.69) is 24.4 Å². The van der Waals surface area contributed by atoms with E-state index in [0.29, 0.717) is 0 Å². The van der Waals surface area contributed by atoms with E-state index in [9.17, 15) is 0 Å². The summed E-state index contributed by atoms with van der Waals surface area (Å²) in [5.41, 5.74) is 2.45. The van der Waals surface area contributed by atoms with Crippen molar-refractivity contribution in [2.45, 2.75) is 13.3 Å². The van der Waals surface area contributed by atoms with Crippen LogP contribution in [-0.2, 0) is 0 Å². The van der Waals surface area contributed by atoms with Gasteiger partial charge in [-0.15, -0.1) is 0 Å². The zero-order valence-electron chi connectivity index (χ0n) is 10.5. The average Bonchev–Trinajstić information content (AvgIpc) is 2.53. The number of fused-ring (bicyclic) bond motifs is 1. The lowest BCUT2D eigenvalue weighted by atomic mass is 10.1. The topological polar surface area (TPSA) is 30.5 Å². The van der Waals surface area contributed by atoms with Crippen LogP contribution in [0.15, 0.2) is 23.8 Å². The molecule has 2 rings (SSSR count). The first-order valence-electron chi connectivity index (χ1n) is 6.01. The van der Waals surface area contributed by atoms with Gasteiger partial charge < -0.3 is 14.8 Å². The molecule has 0 radical (unpaired) electrons. The molecule has 0 saturated carbocycles. The van der Waals surface area contributed by atoms with E-state index in [1.807, 2.05) is 19.2 Å². The van der Waals surface area contributed by atoms with Crippen LogP contribution in [0, 0.1) is 0 Å². The van der Waals surface area contributed by atoms with Gasteiger partial charge in [0.1, 0.15) is 0 Å². The third kappa shape index (κ3) is 3.24. The molecule has 3 nitrogen and oxygen atoms in total. The van der Waals surface area contributed by atoms with Gasteiger partial charge in [-0.2, -0.15) is 0 Å². The maximum absolute atomic E-state index is 5.66. The van der Waals surface area contributed by atoms with Crippen LogP contribution in [-0.4, -0.2) is 26.8 Å². The molecule has 3 heteroatoms. The van der Waals surface area contributed by atoms with E-state index in [1.165, 1.54) is 5.57 Å². The van der Waals surface area contributed by atoms with Crippen LogP contribution in [0.1, 0.15) is 18.9 Å². The molecule has 1 aliphatic heterocycles. The molecule has 0 aromatic heterocycles. The number of likely N-dealkylation sites (N-methyl/N-ethyl adjacent to an activating group) is 1. The fourth-order valence-electron chi connectivity index (χ4n) is 1.88. The first-order valence-corrected chi connectivity index (χ1v) is 6.01. The summed E-state index contributed by atoms with van der Waals surface area (Å²) in [7, 11) is 1.95. The molecule has 1 N–H and O–H groups in total. The van der Waals surface area contributed by atoms with Gasteiger partial charge in [-0.05, 0) is 31.7 Å². The molecule has 0 amide bonds. The highest BCUT2D eigenvalue weighted by atomic mass is 16.5. The van der Waals surface area contributed by atoms with Gasteiger partial charge in [0.2, 0.25) is 0 Å². The molecule has 0 saturated heterocycles. The molecule has 1 heterocycles. The highest BCUT2D eigenvalue weighted by molar-refractivity contribution is 5.58. The quantitative estimate of drug-likeness (QED) is 0.870. The Morgan fingerprint density at radius 1 is 1.29 bits per heavy atom. The van der Waals surface area contributed by atoms with Gasteiger partial charge in [-0.3, -0.25) is 0 Å². The van der Waals surface area contributed by atoms with Gasteiger partial charge in [0, 0.05) is 13.0 Å². The molecule has 1 aromatic rings. The Labute approximate surface area is 102 Å². The zero-order chi connectivity index (χ0) is 12.1. The molecule has 1 aromatic carbocycles. The Morgan fingerprint density at radius 2 is 2.06 bits per heavy atom. The zero-order valence-corrected chi connectivity index (χ0v) is 10.5. The third-order valence-corrected chi connectivity index (χ3v) is 2.64. The molecule has 0 atom stereocenters. The minimum absolute atomic E-state index is 0.732. The molecule has 0 spiro atoms. The summed E-state index contributed by atoms with van der Waals surface area (Å²) >= 11 is 0. The average molecular weight is 233 g/mol. The highest BCUT2D eigenvalue weighted by Gasteiger charge is 2.09. The van der Waals surface area contributed by atoms with E-state index in [4.69, 9.17) is 9.47 Å². The number of rotatable bonds is 3. The first-order chi connectivity index (χ1) is 8.29. The Balaban J connectivity index is 2.20. The fraction of sp³-hybridized carbons (Fsp3) is 0.429. The minimum Gasteiger partial charge on any atom is -0.490 e. The molecule has 0 bridgehead atoms. The summed E-state index contributed by atoms with van der Waals surface area (Å²) in [5.74, 6) is 1.71. The lowest BCUT2D eigenvalue weighted by molar-refractivity contribution is 0.297. The molecular formula is C14H19NO2. The maximum Gasteiger partial charge on any atom is 0.161 e. The van der Waals surface area contributed by atoms with E-state index < -0.39 is 0 Å². The summed E-state index contributed by atoms with van der Waals surface area (Å²) in [6.07, 6.45) is 3.10. The van der Waals surface area contributed by atoms with Crippen LogP contribution in [0.5, 0.6) is 11.5 Å². The first kappa shape index (κ1) is 12.0. The summed E-state index contributed by atoms with van der Waals surface area (Å²) in [4.78, 5) is 0. The van der Waals surface area contributed by atoms with Crippen LogP contribution in [0.2, 0.25) is 0 Å². The molecule has 0 fully saturated rings. The third-order valence-electron chi connectivity index (χ3n) is 2.64. The standard InChI is InChI=1S/C14H19NO2/c1-11(10-15-2)8-12-4-5-13-14(9-12)17-7-3-6-16-13/h4-5,8-9,15H,3,6-7,10H2,1-2H3. The monoisotopic (exact) mass is 233 g/mol. The van der Waals surface area contributed by atoms with Crippen molar-refractivity contribution in [3.8, 4) is 11.5 Å². The van der Waals surface area contributed by atoms with Crippen molar-refractivity contribution in [1.82, 2.24) is 5.32 Å². The fourth-order valence-corrected chi connectivity index (χ4v) is 1.88. The summed E-state index contributed by atoms with van der Waals surface area (Å²) in [6, 6.07) is 6.09. The van der Waals surface area contributed by atoms with Crippen LogP contribution < -0.4 is 14.8 Å². The Bertz CT molecular complexity index is 413. The van der Waals surface area contributed by atoms with Crippen LogP contribution in [0.3, 0.4) is 0 Å². The van der Waals surface area contributed by atoms with Crippen molar-refractivity contribution >= 4 is 6.08 Å². The van der Waals surface area contributed by atoms with Gasteiger partial charge in [0.05, 0.1) is 13.2 Å². The molecular weight excluding hydrogens is 214 g/mol. The lowest BCUT2D eigenvalue weighted by Gasteiger charge is -2.08. The van der Waals surface area contributed by atoms with Gasteiger partial charge in [0.25, 0.3) is 0 Å². The molecule has 17 heavy (non-hydrogen) atoms. The molecule has 0 unspecified atom stereocenters. The summed E-state index contributed by atoms with van der Waals surface area (Å²) in [6.45, 7) is 4.48. The van der Waals surface area contributed by atoms with Gasteiger partial charge in [-0.1, -0.05) is 17.7 Å². The Morgan fingerprint density at radius 3 is 2.82 bits per heavy atom. The van der Waals surface area contributed by atoms with Gasteiger partial charge in [0.15, 0.2) is 11.5 Å². The normalized spacial score (nSPS) is 15.5. The Hall–Kier alpha value is -1.48. The number of ether oxygens (including phenoxy) is 2. The van der Waals surface area contributed by atoms with Gasteiger partial charge >= 0.3 is 0 Å². The van der Waals surface area contributed by atoms with Crippen molar-refractivity contribution in [2.75, 3.05) is 26.8 Å². The van der Waals surface area contributed by atoms with Crippen molar-refractivity contribution in [1.29, 1.82) is 0 Å². The second-order valence-corrected chi connectivity index (χ2v) is 4.28. The summed E-state index contributed by atoms with van der Waals surface area (Å²) in [5, 5.41) is 3.14. The van der Waals surface area contributed by atoms with Crippen molar-refractivity contribution in [3.63, 3.8) is 0 Å². The Kier molecular flexibility index (Phi) is 4.04. The van der Waals surface area contributed by atoms with E-state index >= 15 is 0 Å². The lowest BCUT2D eigenvalue weighted by Crippen LogP contribution is -2.08. The molecule has 1 aliphatic rings.